The molecular formula is C24H19OPSi. The van der Waals surface area contributed by atoms with E-state index in [1.54, 1.807) is 0 Å². The van der Waals surface area contributed by atoms with Gasteiger partial charge in [-0.2, -0.15) is 0 Å². The summed E-state index contributed by atoms with van der Waals surface area (Å²) in [5.41, 5.74) is 0. The van der Waals surface area contributed by atoms with Crippen LogP contribution in [-0.2, 0) is 4.57 Å². The molecule has 4 rings (SSSR count). The van der Waals surface area contributed by atoms with Gasteiger partial charge in [0.2, 0.25) is 0 Å². The maximum Gasteiger partial charge on any atom is 0.192 e. The van der Waals surface area contributed by atoms with E-state index < -0.39 is 8.07 Å². The van der Waals surface area contributed by atoms with E-state index in [0.29, 0.717) is 11.3 Å². The van der Waals surface area contributed by atoms with Gasteiger partial charge in [-0.3, -0.25) is 4.57 Å². The number of hydrogen-bond acceptors (Lipinski definition) is 1. The Morgan fingerprint density at radius 3 is 1.33 bits per heavy atom. The molecule has 0 fully saturated rings. The molecule has 0 aliphatic carbocycles. The summed E-state index contributed by atoms with van der Waals surface area (Å²) in [6.45, 7) is 0. The summed E-state index contributed by atoms with van der Waals surface area (Å²) >= 11 is 0. The van der Waals surface area contributed by atoms with Crippen molar-refractivity contribution in [1.29, 1.82) is 0 Å². The Balaban J connectivity index is 2.13. The van der Waals surface area contributed by atoms with Gasteiger partial charge in [-0.1, -0.05) is 103 Å². The van der Waals surface area contributed by atoms with Crippen LogP contribution in [0, 0.1) is 0 Å². The molecule has 0 unspecified atom stereocenters. The number of benzene rings is 4. The quantitative estimate of drug-likeness (QED) is 0.294. The number of rotatable bonds is 5. The lowest BCUT2D eigenvalue weighted by Crippen LogP contribution is -2.74. The van der Waals surface area contributed by atoms with E-state index in [2.05, 4.69) is 78.9 Å². The fourth-order valence-electron chi connectivity index (χ4n) is 3.77. The molecule has 0 bridgehead atoms. The van der Waals surface area contributed by atoms with E-state index in [4.69, 9.17) is 1.37 Å². The van der Waals surface area contributed by atoms with Gasteiger partial charge in [0, 0.05) is 5.30 Å². The molecule has 3 heteroatoms. The largest absolute Gasteiger partial charge is 0.269 e. The van der Waals surface area contributed by atoms with Crippen LogP contribution >= 0.6 is 8.46 Å². The second-order valence-corrected chi connectivity index (χ2v) is 10.9. The summed E-state index contributed by atoms with van der Waals surface area (Å²) < 4.78 is 19.8. The van der Waals surface area contributed by atoms with Crippen molar-refractivity contribution in [2.45, 2.75) is 0 Å². The molecule has 0 radical (unpaired) electrons. The Kier molecular flexibility index (Phi) is 4.75. The summed E-state index contributed by atoms with van der Waals surface area (Å²) in [4.78, 5) is 0. The maximum absolute atomic E-state index is 11.4. The molecule has 0 saturated carbocycles. The average molecular weight is 383 g/mol. The van der Waals surface area contributed by atoms with Gasteiger partial charge in [-0.25, -0.2) is 0 Å². The molecule has 0 spiro atoms. The summed E-state index contributed by atoms with van der Waals surface area (Å²) in [6.07, 6.45) is 0. The first-order chi connectivity index (χ1) is 13.8. The van der Waals surface area contributed by atoms with Crippen molar-refractivity contribution in [3.63, 3.8) is 0 Å². The zero-order chi connectivity index (χ0) is 19.4. The van der Waals surface area contributed by atoms with Crippen LogP contribution in [0.15, 0.2) is 115 Å². The minimum absolute atomic E-state index is 0.117. The molecule has 0 N–H and O–H groups in total. The van der Waals surface area contributed by atoms with E-state index in [1.807, 2.05) is 30.3 Å². The lowest BCUT2D eigenvalue weighted by atomic mass is 10.3. The van der Waals surface area contributed by atoms with Crippen molar-refractivity contribution in [3.05, 3.63) is 115 Å². The van der Waals surface area contributed by atoms with E-state index in [0.717, 1.165) is 5.19 Å². The Labute approximate surface area is 164 Å². The Hall–Kier alpha value is -2.80. The second kappa shape index (κ2) is 7.83. The van der Waals surface area contributed by atoms with Gasteiger partial charge in [0.05, 0.1) is 1.37 Å². The van der Waals surface area contributed by atoms with Gasteiger partial charge in [-0.05, 0) is 32.9 Å². The van der Waals surface area contributed by atoms with E-state index >= 15 is 0 Å². The lowest BCUT2D eigenvalue weighted by Gasteiger charge is -2.34. The predicted molar refractivity (Wildman–Crippen MR) is 117 cm³/mol. The first-order valence-electron chi connectivity index (χ1n) is 9.38. The van der Waals surface area contributed by atoms with Gasteiger partial charge in [0.25, 0.3) is 0 Å². The van der Waals surface area contributed by atoms with E-state index in [-0.39, 0.29) is 8.46 Å². The van der Waals surface area contributed by atoms with Crippen LogP contribution in [0.3, 0.4) is 0 Å². The molecular weight excluding hydrogens is 363 g/mol. The minimum Gasteiger partial charge on any atom is -0.269 e. The molecule has 1 nitrogen and oxygen atoms in total. The Bertz CT molecular complexity index is 989. The standard InChI is InChI=1S/C24H19OPSi/c25-26-20-16-18-24(19-17-20)27(21-10-4-1-5-11-21,22-12-6-2-7-13-22)23-14-8-3-9-15-23/h1-19H/i16D. The average Bonchev–Trinajstić information content (AvgIpc) is 2.77. The van der Waals surface area contributed by atoms with Crippen LogP contribution < -0.4 is 26.1 Å². The first kappa shape index (κ1) is 16.4. The van der Waals surface area contributed by atoms with Gasteiger partial charge < -0.3 is 0 Å². The molecule has 4 aromatic carbocycles. The van der Waals surface area contributed by atoms with Crippen LogP contribution in [-0.4, -0.2) is 8.07 Å². The smallest absolute Gasteiger partial charge is 0.192 e. The molecule has 4 aromatic rings. The van der Waals surface area contributed by atoms with Crippen LogP contribution in [0.1, 0.15) is 1.37 Å². The zero-order valence-corrected chi connectivity index (χ0v) is 16.6. The molecule has 0 amide bonds. The van der Waals surface area contributed by atoms with Crippen LogP contribution in [0.5, 0.6) is 0 Å². The van der Waals surface area contributed by atoms with Crippen LogP contribution in [0.4, 0.5) is 0 Å². The summed E-state index contributed by atoms with van der Waals surface area (Å²) in [7, 11) is -2.71. The highest BCUT2D eigenvalue weighted by atomic mass is 31.1. The normalized spacial score (nSPS) is 11.9. The third-order valence-electron chi connectivity index (χ3n) is 4.95. The topological polar surface area (TPSA) is 17.1 Å². The highest BCUT2D eigenvalue weighted by Crippen LogP contribution is 2.09. The minimum atomic E-state index is -2.59. The van der Waals surface area contributed by atoms with E-state index in [1.165, 1.54) is 15.6 Å². The van der Waals surface area contributed by atoms with Crippen LogP contribution in [0.2, 0.25) is 0 Å². The molecule has 0 atom stereocenters. The molecule has 0 heterocycles. The highest BCUT2D eigenvalue weighted by Gasteiger charge is 2.41. The van der Waals surface area contributed by atoms with Crippen molar-refractivity contribution in [1.82, 2.24) is 0 Å². The SMILES string of the molecule is [2H]c1cc([Si](c2ccccc2)(c2ccccc2)c2ccccc2)ccc1P=O. The third-order valence-corrected chi connectivity index (χ3v) is 10.2. The third kappa shape index (κ3) is 3.19. The van der Waals surface area contributed by atoms with Gasteiger partial charge >= 0.3 is 0 Å². The molecule has 0 aromatic heterocycles. The molecule has 0 aliphatic rings. The molecule has 130 valence electrons. The Morgan fingerprint density at radius 1 is 0.556 bits per heavy atom. The fourth-order valence-corrected chi connectivity index (χ4v) is 8.72. The summed E-state index contributed by atoms with van der Waals surface area (Å²) in [5, 5.41) is 5.42. The first-order valence-corrected chi connectivity index (χ1v) is 11.7. The van der Waals surface area contributed by atoms with E-state index in [9.17, 15) is 4.57 Å². The van der Waals surface area contributed by atoms with Gasteiger partial charge in [0.15, 0.2) is 16.5 Å². The van der Waals surface area contributed by atoms with Crippen LogP contribution in [0.25, 0.3) is 0 Å². The fraction of sp³-hybridized carbons (Fsp3) is 0. The lowest BCUT2D eigenvalue weighted by molar-refractivity contribution is 0.603. The van der Waals surface area contributed by atoms with Crippen molar-refractivity contribution in [2.75, 3.05) is 0 Å². The molecule has 27 heavy (non-hydrogen) atoms. The summed E-state index contributed by atoms with van der Waals surface area (Å²) in [6, 6.07) is 37.8. The number of hydrogen-bond donors (Lipinski definition) is 0. The highest BCUT2D eigenvalue weighted by molar-refractivity contribution is 7.34. The second-order valence-electron chi connectivity index (χ2n) is 6.40. The van der Waals surface area contributed by atoms with Crippen molar-refractivity contribution < 1.29 is 5.94 Å². The van der Waals surface area contributed by atoms with Crippen molar-refractivity contribution >= 4 is 42.6 Å². The monoisotopic (exact) mass is 383 g/mol. The molecule has 0 saturated heterocycles. The molecule has 0 aliphatic heterocycles. The van der Waals surface area contributed by atoms with Gasteiger partial charge in [-0.15, -0.1) is 0 Å². The zero-order valence-electron chi connectivity index (χ0n) is 15.7. The predicted octanol–water partition coefficient (Wildman–Crippen LogP) is 2.98. The Morgan fingerprint density at radius 2 is 0.963 bits per heavy atom. The summed E-state index contributed by atoms with van der Waals surface area (Å²) in [5.74, 6) is 0. The van der Waals surface area contributed by atoms with Crippen molar-refractivity contribution in [2.24, 2.45) is 0 Å². The van der Waals surface area contributed by atoms with Gasteiger partial charge in [0.1, 0.15) is 0 Å². The maximum atomic E-state index is 11.4. The van der Waals surface area contributed by atoms with Crippen molar-refractivity contribution in [3.8, 4) is 0 Å².